The van der Waals surface area contributed by atoms with E-state index < -0.39 is 0 Å². The molecule has 1 aromatic rings. The molecule has 1 aromatic heterocycles. The first kappa shape index (κ1) is 15.0. The number of aromatic nitrogens is 2. The Bertz CT molecular complexity index is 437. The van der Waals surface area contributed by atoms with Gasteiger partial charge in [-0.3, -0.25) is 14.4 Å². The summed E-state index contributed by atoms with van der Waals surface area (Å²) in [5.74, 6) is 0.213. The van der Waals surface area contributed by atoms with Crippen molar-refractivity contribution in [2.75, 3.05) is 39.8 Å². The van der Waals surface area contributed by atoms with E-state index in [0.717, 1.165) is 38.4 Å². The van der Waals surface area contributed by atoms with Crippen molar-refractivity contribution >= 4 is 5.91 Å². The number of hydrogen-bond donors (Lipinski definition) is 1. The molecule has 1 amide bonds. The molecule has 6 heteroatoms. The summed E-state index contributed by atoms with van der Waals surface area (Å²) in [5, 5.41) is 7.58. The minimum absolute atomic E-state index is 0.213. The number of nitrogens with zero attached hydrogens (tertiary/aromatic N) is 4. The topological polar surface area (TPSA) is 53.4 Å². The number of rotatable bonds is 5. The molecule has 0 saturated carbocycles. The maximum absolute atomic E-state index is 12.2. The lowest BCUT2D eigenvalue weighted by Crippen LogP contribution is -2.49. The van der Waals surface area contributed by atoms with Gasteiger partial charge in [0.05, 0.1) is 12.2 Å². The Hall–Kier alpha value is -1.40. The van der Waals surface area contributed by atoms with Crippen LogP contribution in [0.2, 0.25) is 0 Å². The summed E-state index contributed by atoms with van der Waals surface area (Å²) in [5.41, 5.74) is 1.15. The Balaban J connectivity index is 1.86. The van der Waals surface area contributed by atoms with Crippen LogP contribution in [0.1, 0.15) is 25.6 Å². The summed E-state index contributed by atoms with van der Waals surface area (Å²) >= 11 is 0. The maximum atomic E-state index is 12.2. The molecule has 1 fully saturated rings. The van der Waals surface area contributed by atoms with E-state index in [9.17, 15) is 4.79 Å². The Morgan fingerprint density at radius 2 is 2.15 bits per heavy atom. The van der Waals surface area contributed by atoms with Gasteiger partial charge in [0.15, 0.2) is 0 Å². The van der Waals surface area contributed by atoms with Crippen molar-refractivity contribution < 1.29 is 4.79 Å². The third kappa shape index (κ3) is 3.80. The average Bonchev–Trinajstić information content (AvgIpc) is 2.87. The molecule has 1 aliphatic rings. The molecule has 0 spiro atoms. The number of nitrogens with one attached hydrogen (secondary N) is 1. The van der Waals surface area contributed by atoms with Crippen molar-refractivity contribution in [3.8, 4) is 0 Å². The quantitative estimate of drug-likeness (QED) is 0.844. The molecule has 6 nitrogen and oxygen atoms in total. The number of piperazine rings is 1. The molecule has 0 aliphatic carbocycles. The molecule has 0 unspecified atom stereocenters. The van der Waals surface area contributed by atoms with Crippen LogP contribution >= 0.6 is 0 Å². The van der Waals surface area contributed by atoms with E-state index in [1.807, 2.05) is 28.9 Å². The molecule has 1 saturated heterocycles. The van der Waals surface area contributed by atoms with Gasteiger partial charge in [-0.05, 0) is 27.0 Å². The Kier molecular flexibility index (Phi) is 5.14. The lowest BCUT2D eigenvalue weighted by molar-refractivity contribution is -0.132. The summed E-state index contributed by atoms with van der Waals surface area (Å²) in [6.45, 7) is 8.86. The second-order valence-electron chi connectivity index (χ2n) is 5.66. The van der Waals surface area contributed by atoms with Gasteiger partial charge in [-0.1, -0.05) is 0 Å². The van der Waals surface area contributed by atoms with Crippen molar-refractivity contribution in [2.45, 2.75) is 26.4 Å². The van der Waals surface area contributed by atoms with Gasteiger partial charge in [0.1, 0.15) is 0 Å². The van der Waals surface area contributed by atoms with E-state index in [-0.39, 0.29) is 5.91 Å². The zero-order valence-electron chi connectivity index (χ0n) is 12.7. The fraction of sp³-hybridized carbons (Fsp3) is 0.714. The molecule has 0 radical (unpaired) electrons. The standard InChI is InChI=1S/C14H25N5O/c1-12(2)19-13(4-5-16-19)10-17(3)11-14(20)18-8-6-15-7-9-18/h4-5,12,15H,6-11H2,1-3H3. The number of amides is 1. The highest BCUT2D eigenvalue weighted by Crippen LogP contribution is 2.10. The van der Waals surface area contributed by atoms with Gasteiger partial charge in [-0.15, -0.1) is 0 Å². The first-order valence-electron chi connectivity index (χ1n) is 7.27. The molecule has 0 aromatic carbocycles. The third-order valence-corrected chi connectivity index (χ3v) is 3.55. The van der Waals surface area contributed by atoms with E-state index in [2.05, 4.69) is 29.2 Å². The van der Waals surface area contributed by atoms with Crippen molar-refractivity contribution in [1.29, 1.82) is 0 Å². The first-order valence-corrected chi connectivity index (χ1v) is 7.27. The van der Waals surface area contributed by atoms with Crippen molar-refractivity contribution in [3.63, 3.8) is 0 Å². The monoisotopic (exact) mass is 279 g/mol. The summed E-state index contributed by atoms with van der Waals surface area (Å²) < 4.78 is 2.01. The molecular formula is C14H25N5O. The molecule has 0 bridgehead atoms. The van der Waals surface area contributed by atoms with Gasteiger partial charge < -0.3 is 10.2 Å². The van der Waals surface area contributed by atoms with Crippen LogP contribution < -0.4 is 5.32 Å². The fourth-order valence-electron chi connectivity index (χ4n) is 2.51. The molecule has 0 atom stereocenters. The largest absolute Gasteiger partial charge is 0.339 e. The number of carbonyl (C=O) groups is 1. The Morgan fingerprint density at radius 1 is 1.45 bits per heavy atom. The van der Waals surface area contributed by atoms with Crippen LogP contribution in [0, 0.1) is 0 Å². The van der Waals surface area contributed by atoms with Crippen LogP contribution in [0.3, 0.4) is 0 Å². The van der Waals surface area contributed by atoms with E-state index in [4.69, 9.17) is 0 Å². The second-order valence-corrected chi connectivity index (χ2v) is 5.66. The van der Waals surface area contributed by atoms with Crippen LogP contribution in [-0.4, -0.2) is 65.3 Å². The molecule has 20 heavy (non-hydrogen) atoms. The van der Waals surface area contributed by atoms with Crippen LogP contribution in [0.5, 0.6) is 0 Å². The molecule has 2 heterocycles. The van der Waals surface area contributed by atoms with E-state index in [1.165, 1.54) is 0 Å². The SMILES string of the molecule is CC(C)n1nccc1CN(C)CC(=O)N1CCNCC1. The van der Waals surface area contributed by atoms with Gasteiger partial charge in [-0.25, -0.2) is 0 Å². The minimum Gasteiger partial charge on any atom is -0.339 e. The maximum Gasteiger partial charge on any atom is 0.236 e. The van der Waals surface area contributed by atoms with Gasteiger partial charge in [0.2, 0.25) is 5.91 Å². The molecular weight excluding hydrogens is 254 g/mol. The third-order valence-electron chi connectivity index (χ3n) is 3.55. The van der Waals surface area contributed by atoms with Gasteiger partial charge in [0.25, 0.3) is 0 Å². The number of likely N-dealkylation sites (N-methyl/N-ethyl adjacent to an activating group) is 1. The van der Waals surface area contributed by atoms with Crippen molar-refractivity contribution in [1.82, 2.24) is 24.9 Å². The lowest BCUT2D eigenvalue weighted by Gasteiger charge is -2.29. The van der Waals surface area contributed by atoms with E-state index in [0.29, 0.717) is 12.6 Å². The summed E-state index contributed by atoms with van der Waals surface area (Å²) in [7, 11) is 1.98. The zero-order chi connectivity index (χ0) is 14.5. The normalized spacial score (nSPS) is 16.1. The lowest BCUT2D eigenvalue weighted by atomic mass is 10.3. The van der Waals surface area contributed by atoms with Crippen molar-refractivity contribution in [3.05, 3.63) is 18.0 Å². The summed E-state index contributed by atoms with van der Waals surface area (Å²) in [6.07, 6.45) is 1.82. The molecule has 1 N–H and O–H groups in total. The van der Waals surface area contributed by atoms with Crippen LogP contribution in [0.4, 0.5) is 0 Å². The van der Waals surface area contributed by atoms with E-state index >= 15 is 0 Å². The van der Waals surface area contributed by atoms with Crippen LogP contribution in [0.25, 0.3) is 0 Å². The fourth-order valence-corrected chi connectivity index (χ4v) is 2.51. The van der Waals surface area contributed by atoms with Gasteiger partial charge in [0, 0.05) is 45.0 Å². The first-order chi connectivity index (χ1) is 9.58. The summed E-state index contributed by atoms with van der Waals surface area (Å²) in [4.78, 5) is 16.2. The minimum atomic E-state index is 0.213. The highest BCUT2D eigenvalue weighted by atomic mass is 16.2. The molecule has 2 rings (SSSR count). The van der Waals surface area contributed by atoms with E-state index in [1.54, 1.807) is 0 Å². The highest BCUT2D eigenvalue weighted by Gasteiger charge is 2.18. The second kappa shape index (κ2) is 6.85. The zero-order valence-corrected chi connectivity index (χ0v) is 12.7. The van der Waals surface area contributed by atoms with Crippen molar-refractivity contribution in [2.24, 2.45) is 0 Å². The predicted octanol–water partition coefficient (Wildman–Crippen LogP) is 0.328. The smallest absolute Gasteiger partial charge is 0.236 e. The molecule has 112 valence electrons. The Labute approximate surface area is 120 Å². The predicted molar refractivity (Wildman–Crippen MR) is 78.4 cm³/mol. The Morgan fingerprint density at radius 3 is 2.80 bits per heavy atom. The van der Waals surface area contributed by atoms with Gasteiger partial charge in [-0.2, -0.15) is 5.10 Å². The average molecular weight is 279 g/mol. The van der Waals surface area contributed by atoms with Crippen LogP contribution in [0.15, 0.2) is 12.3 Å². The van der Waals surface area contributed by atoms with Crippen LogP contribution in [-0.2, 0) is 11.3 Å². The molecule has 1 aliphatic heterocycles. The number of hydrogen-bond acceptors (Lipinski definition) is 4. The number of carbonyl (C=O) groups excluding carboxylic acids is 1. The summed E-state index contributed by atoms with van der Waals surface area (Å²) in [6, 6.07) is 2.36. The van der Waals surface area contributed by atoms with Gasteiger partial charge >= 0.3 is 0 Å². The highest BCUT2D eigenvalue weighted by molar-refractivity contribution is 5.78.